The summed E-state index contributed by atoms with van der Waals surface area (Å²) in [6.07, 6.45) is 1.40. The van der Waals surface area contributed by atoms with Crippen molar-refractivity contribution >= 4 is 5.69 Å². The third-order valence-electron chi connectivity index (χ3n) is 3.64. The predicted molar refractivity (Wildman–Crippen MR) is 69.9 cm³/mol. The summed E-state index contributed by atoms with van der Waals surface area (Å²) in [5.41, 5.74) is 1.29. The first-order valence-electron chi connectivity index (χ1n) is 6.59. The number of hydrogen-bond donors (Lipinski definition) is 0. The molecule has 1 aromatic carbocycles. The van der Waals surface area contributed by atoms with E-state index in [1.165, 1.54) is 4.90 Å². The average molecular weight is 296 g/mol. The van der Waals surface area contributed by atoms with Crippen LogP contribution in [0.4, 0.5) is 23.2 Å². The Hall–Kier alpha value is -2.11. The number of benzene rings is 1. The summed E-state index contributed by atoms with van der Waals surface area (Å²) >= 11 is 0. The van der Waals surface area contributed by atoms with Gasteiger partial charge in [0.25, 0.3) is 11.9 Å². The highest BCUT2D eigenvalue weighted by atomic mass is 19.2. The molecule has 1 aliphatic rings. The van der Waals surface area contributed by atoms with Crippen LogP contribution in [0.3, 0.4) is 0 Å². The molecule has 0 aliphatic carbocycles. The van der Waals surface area contributed by atoms with Crippen molar-refractivity contribution in [1.82, 2.24) is 4.98 Å². The van der Waals surface area contributed by atoms with Crippen molar-refractivity contribution in [2.24, 2.45) is 0 Å². The van der Waals surface area contributed by atoms with Crippen LogP contribution in [-0.4, -0.2) is 11.5 Å². The monoisotopic (exact) mass is 296 g/mol. The molecule has 21 heavy (non-hydrogen) atoms. The van der Waals surface area contributed by atoms with Gasteiger partial charge in [-0.15, -0.1) is 0 Å². The molecule has 1 aromatic heterocycles. The van der Waals surface area contributed by atoms with Crippen molar-refractivity contribution in [2.45, 2.75) is 19.4 Å². The molecule has 0 N–H and O–H groups in total. The van der Waals surface area contributed by atoms with Crippen LogP contribution >= 0.6 is 0 Å². The van der Waals surface area contributed by atoms with Gasteiger partial charge < -0.3 is 4.90 Å². The van der Waals surface area contributed by atoms with E-state index < -0.39 is 29.2 Å². The largest absolute Gasteiger partial charge is 0.362 e. The van der Waals surface area contributed by atoms with E-state index in [0.717, 1.165) is 17.5 Å². The highest BCUT2D eigenvalue weighted by Crippen LogP contribution is 2.30. The summed E-state index contributed by atoms with van der Waals surface area (Å²) in [4.78, 5) is 3.91. The van der Waals surface area contributed by atoms with Crippen LogP contribution in [0.15, 0.2) is 24.3 Å². The highest BCUT2D eigenvalue weighted by molar-refractivity contribution is 5.50. The quantitative estimate of drug-likeness (QED) is 0.590. The minimum atomic E-state index is -1.62. The zero-order valence-corrected chi connectivity index (χ0v) is 11.0. The van der Waals surface area contributed by atoms with Gasteiger partial charge in [0, 0.05) is 13.1 Å². The summed E-state index contributed by atoms with van der Waals surface area (Å²) in [6, 6.07) is 7.50. The third-order valence-corrected chi connectivity index (χ3v) is 3.64. The van der Waals surface area contributed by atoms with Crippen molar-refractivity contribution in [2.75, 3.05) is 11.4 Å². The van der Waals surface area contributed by atoms with E-state index in [-0.39, 0.29) is 6.54 Å². The van der Waals surface area contributed by atoms with Crippen molar-refractivity contribution in [3.63, 3.8) is 0 Å². The Morgan fingerprint density at radius 2 is 1.52 bits per heavy atom. The number of nitrogens with zero attached hydrogens (tertiary/aromatic N) is 2. The summed E-state index contributed by atoms with van der Waals surface area (Å²) in [5.74, 6) is -6.15. The molecule has 2 heterocycles. The molecule has 2 aromatic rings. The first-order valence-corrected chi connectivity index (χ1v) is 6.59. The van der Waals surface area contributed by atoms with Crippen LogP contribution in [0.2, 0.25) is 0 Å². The molecule has 0 unspecified atom stereocenters. The Kier molecular flexibility index (Phi) is 3.53. The molecule has 0 atom stereocenters. The van der Waals surface area contributed by atoms with Gasteiger partial charge in [-0.25, -0.2) is 0 Å². The lowest BCUT2D eigenvalue weighted by Crippen LogP contribution is -2.26. The summed E-state index contributed by atoms with van der Waals surface area (Å²) in [5, 5.41) is 0. The fourth-order valence-corrected chi connectivity index (χ4v) is 2.65. The molecule has 3 rings (SSSR count). The van der Waals surface area contributed by atoms with Crippen LogP contribution in [0.1, 0.15) is 17.5 Å². The van der Waals surface area contributed by atoms with Crippen LogP contribution in [-0.2, 0) is 13.0 Å². The minimum absolute atomic E-state index is 0.201. The molecule has 6 heteroatoms. The zero-order valence-electron chi connectivity index (χ0n) is 11.0. The number of pyridine rings is 1. The Bertz CT molecular complexity index is 661. The molecule has 1 aliphatic heterocycles. The van der Waals surface area contributed by atoms with Gasteiger partial charge in [0.1, 0.15) is 5.69 Å². The number of hydrogen-bond acceptors (Lipinski definition) is 2. The number of rotatable bonds is 1. The lowest BCUT2D eigenvalue weighted by molar-refractivity contribution is 0.405. The topological polar surface area (TPSA) is 16.1 Å². The molecule has 0 saturated carbocycles. The lowest BCUT2D eigenvalue weighted by Gasteiger charge is -2.24. The molecule has 110 valence electrons. The van der Waals surface area contributed by atoms with E-state index in [0.29, 0.717) is 13.0 Å². The van der Waals surface area contributed by atoms with Crippen LogP contribution in [0.25, 0.3) is 0 Å². The van der Waals surface area contributed by atoms with Gasteiger partial charge in [-0.05, 0) is 24.0 Å². The number of aryl methyl sites for hydroxylation is 1. The second-order valence-corrected chi connectivity index (χ2v) is 4.96. The maximum Gasteiger partial charge on any atom is 0.253 e. The molecular formula is C15H12F4N2. The molecule has 0 bridgehead atoms. The number of fused-ring (bicyclic) bond motifs is 1. The molecule has 0 radical (unpaired) electrons. The first-order chi connectivity index (χ1) is 10.1. The fraction of sp³-hybridized carbons (Fsp3) is 0.267. The second-order valence-electron chi connectivity index (χ2n) is 4.96. The van der Waals surface area contributed by atoms with E-state index in [2.05, 4.69) is 4.98 Å². The minimum Gasteiger partial charge on any atom is -0.362 e. The SMILES string of the molecule is Fc1nc(F)c(F)c(N2CCCc3ccccc3C2)c1F. The zero-order chi connectivity index (χ0) is 15.0. The molecule has 0 saturated heterocycles. The van der Waals surface area contributed by atoms with Gasteiger partial charge >= 0.3 is 0 Å². The first kappa shape index (κ1) is 13.9. The van der Waals surface area contributed by atoms with Crippen LogP contribution in [0, 0.1) is 23.5 Å². The fourth-order valence-electron chi connectivity index (χ4n) is 2.65. The van der Waals surface area contributed by atoms with Crippen LogP contribution in [0.5, 0.6) is 0 Å². The molecular weight excluding hydrogens is 284 g/mol. The molecule has 0 fully saturated rings. The predicted octanol–water partition coefficient (Wildman–Crippen LogP) is 3.59. The van der Waals surface area contributed by atoms with E-state index in [4.69, 9.17) is 0 Å². The number of anilines is 1. The molecule has 2 nitrogen and oxygen atoms in total. The van der Waals surface area contributed by atoms with Gasteiger partial charge in [-0.1, -0.05) is 24.3 Å². The van der Waals surface area contributed by atoms with Gasteiger partial charge in [-0.2, -0.15) is 22.5 Å². The van der Waals surface area contributed by atoms with Gasteiger partial charge in [0.2, 0.25) is 11.6 Å². The number of halogens is 4. The maximum atomic E-state index is 13.8. The normalized spacial score (nSPS) is 14.8. The molecule has 0 spiro atoms. The average Bonchev–Trinajstić information content (AvgIpc) is 2.67. The van der Waals surface area contributed by atoms with Crippen molar-refractivity contribution in [1.29, 1.82) is 0 Å². The summed E-state index contributed by atoms with van der Waals surface area (Å²) < 4.78 is 54.2. The van der Waals surface area contributed by atoms with E-state index in [9.17, 15) is 17.6 Å². The Morgan fingerprint density at radius 1 is 0.905 bits per heavy atom. The summed E-state index contributed by atoms with van der Waals surface area (Å²) in [6.45, 7) is 0.512. The van der Waals surface area contributed by atoms with E-state index in [1.54, 1.807) is 0 Å². The lowest BCUT2D eigenvalue weighted by atomic mass is 10.0. The highest BCUT2D eigenvalue weighted by Gasteiger charge is 2.26. The van der Waals surface area contributed by atoms with Crippen molar-refractivity contribution in [3.05, 3.63) is 58.9 Å². The van der Waals surface area contributed by atoms with E-state index >= 15 is 0 Å². The summed E-state index contributed by atoms with van der Waals surface area (Å²) in [7, 11) is 0. The van der Waals surface area contributed by atoms with Crippen LogP contribution < -0.4 is 4.90 Å². The molecule has 0 amide bonds. The Balaban J connectivity index is 2.06. The third kappa shape index (κ3) is 2.46. The maximum absolute atomic E-state index is 13.8. The van der Waals surface area contributed by atoms with Crippen molar-refractivity contribution < 1.29 is 17.6 Å². The number of aromatic nitrogens is 1. The smallest absolute Gasteiger partial charge is 0.253 e. The second kappa shape index (κ2) is 5.35. The Morgan fingerprint density at radius 3 is 2.19 bits per heavy atom. The van der Waals surface area contributed by atoms with Crippen molar-refractivity contribution in [3.8, 4) is 0 Å². The van der Waals surface area contributed by atoms with Gasteiger partial charge in [-0.3, -0.25) is 0 Å². The van der Waals surface area contributed by atoms with Gasteiger partial charge in [0.05, 0.1) is 0 Å². The van der Waals surface area contributed by atoms with Gasteiger partial charge in [0.15, 0.2) is 0 Å². The standard InChI is InChI=1S/C15H12F4N2/c16-11-13(12(17)15(19)20-14(11)18)21-7-3-6-9-4-1-2-5-10(9)8-21/h1-2,4-5H,3,6-8H2. The van der Waals surface area contributed by atoms with E-state index in [1.807, 2.05) is 24.3 Å². The Labute approximate surface area is 119 Å².